The summed E-state index contributed by atoms with van der Waals surface area (Å²) in [5, 5.41) is 3.60. The van der Waals surface area contributed by atoms with Gasteiger partial charge in [-0.1, -0.05) is 30.9 Å². The molecule has 1 heterocycles. The summed E-state index contributed by atoms with van der Waals surface area (Å²) in [6, 6.07) is 5.35. The molecule has 1 aliphatic carbocycles. The molecule has 5 heteroatoms. The number of nitrogens with one attached hydrogen (secondary N) is 1. The lowest BCUT2D eigenvalue weighted by atomic mass is 9.88. The molecule has 0 aromatic heterocycles. The first-order chi connectivity index (χ1) is 11.2. The summed E-state index contributed by atoms with van der Waals surface area (Å²) in [5.74, 6) is 0.844. The van der Waals surface area contributed by atoms with Crippen molar-refractivity contribution in [2.75, 3.05) is 18.5 Å². The van der Waals surface area contributed by atoms with Gasteiger partial charge in [-0.05, 0) is 43.9 Å². The Morgan fingerprint density at radius 1 is 1.22 bits per heavy atom. The molecule has 1 aromatic carbocycles. The second kappa shape index (κ2) is 8.02. The van der Waals surface area contributed by atoms with Crippen LogP contribution in [-0.2, 0) is 9.53 Å². The number of amides is 1. The van der Waals surface area contributed by atoms with Crippen LogP contribution < -0.4 is 10.1 Å². The van der Waals surface area contributed by atoms with Gasteiger partial charge < -0.3 is 14.8 Å². The Hall–Kier alpha value is -1.26. The third kappa shape index (κ3) is 4.61. The van der Waals surface area contributed by atoms with E-state index < -0.39 is 0 Å². The summed E-state index contributed by atoms with van der Waals surface area (Å²) in [7, 11) is 0. The van der Waals surface area contributed by atoms with Gasteiger partial charge in [-0.2, -0.15) is 0 Å². The van der Waals surface area contributed by atoms with Crippen LogP contribution >= 0.6 is 11.6 Å². The summed E-state index contributed by atoms with van der Waals surface area (Å²) >= 11 is 6.08. The van der Waals surface area contributed by atoms with Crippen molar-refractivity contribution in [2.45, 2.75) is 51.0 Å². The molecule has 0 unspecified atom stereocenters. The van der Waals surface area contributed by atoms with E-state index in [1.54, 1.807) is 12.1 Å². The van der Waals surface area contributed by atoms with Crippen molar-refractivity contribution in [1.29, 1.82) is 0 Å². The maximum Gasteiger partial charge on any atom is 0.227 e. The van der Waals surface area contributed by atoms with Gasteiger partial charge >= 0.3 is 0 Å². The molecule has 1 saturated carbocycles. The maximum absolute atomic E-state index is 12.5. The minimum Gasteiger partial charge on any atom is -0.489 e. The summed E-state index contributed by atoms with van der Waals surface area (Å²) in [6.45, 7) is 1.31. The van der Waals surface area contributed by atoms with Crippen molar-refractivity contribution in [2.24, 2.45) is 5.92 Å². The minimum atomic E-state index is 0.0777. The molecule has 1 N–H and O–H groups in total. The van der Waals surface area contributed by atoms with Gasteiger partial charge in [0.05, 0.1) is 11.8 Å². The van der Waals surface area contributed by atoms with Crippen molar-refractivity contribution < 1.29 is 14.3 Å². The molecule has 0 bridgehead atoms. The number of carbonyl (C=O) groups is 1. The monoisotopic (exact) mass is 337 g/mol. The van der Waals surface area contributed by atoms with E-state index in [1.807, 2.05) is 6.07 Å². The number of anilines is 1. The van der Waals surface area contributed by atoms with Crippen molar-refractivity contribution in [3.8, 4) is 5.75 Å². The Morgan fingerprint density at radius 3 is 2.78 bits per heavy atom. The largest absolute Gasteiger partial charge is 0.489 e. The predicted molar refractivity (Wildman–Crippen MR) is 91.1 cm³/mol. The number of halogens is 1. The summed E-state index contributed by atoms with van der Waals surface area (Å²) < 4.78 is 11.4. The van der Waals surface area contributed by atoms with Gasteiger partial charge in [0.25, 0.3) is 0 Å². The van der Waals surface area contributed by atoms with Gasteiger partial charge in [0.1, 0.15) is 12.4 Å². The molecule has 1 aromatic rings. The summed E-state index contributed by atoms with van der Waals surface area (Å²) in [4.78, 5) is 12.5. The molecule has 0 spiro atoms. The van der Waals surface area contributed by atoms with Gasteiger partial charge in [0.15, 0.2) is 0 Å². The molecule has 1 atom stereocenters. The van der Waals surface area contributed by atoms with E-state index in [2.05, 4.69) is 5.32 Å². The fourth-order valence-corrected chi connectivity index (χ4v) is 3.46. The minimum absolute atomic E-state index is 0.0777. The zero-order valence-electron chi connectivity index (χ0n) is 13.4. The molecule has 2 fully saturated rings. The third-order valence-electron chi connectivity index (χ3n) is 4.62. The smallest absolute Gasteiger partial charge is 0.227 e. The zero-order chi connectivity index (χ0) is 16.1. The fraction of sp³-hybridized carbons (Fsp3) is 0.611. The Labute approximate surface area is 142 Å². The average molecular weight is 338 g/mol. The molecule has 2 aliphatic rings. The number of rotatable bonds is 5. The van der Waals surface area contributed by atoms with Crippen molar-refractivity contribution >= 4 is 23.2 Å². The third-order valence-corrected chi connectivity index (χ3v) is 4.86. The van der Waals surface area contributed by atoms with Crippen LogP contribution in [0.15, 0.2) is 18.2 Å². The Morgan fingerprint density at radius 2 is 2.04 bits per heavy atom. The molecule has 3 rings (SSSR count). The quantitative estimate of drug-likeness (QED) is 0.865. The van der Waals surface area contributed by atoms with Crippen molar-refractivity contribution in [3.63, 3.8) is 0 Å². The molecule has 1 aliphatic heterocycles. The van der Waals surface area contributed by atoms with E-state index in [0.29, 0.717) is 23.1 Å². The molecule has 4 nitrogen and oxygen atoms in total. The highest BCUT2D eigenvalue weighted by molar-refractivity contribution is 6.31. The van der Waals surface area contributed by atoms with Crippen LogP contribution in [0.25, 0.3) is 0 Å². The first-order valence-corrected chi connectivity index (χ1v) is 8.95. The molecule has 126 valence electrons. The van der Waals surface area contributed by atoms with E-state index >= 15 is 0 Å². The first kappa shape index (κ1) is 16.6. The lowest BCUT2D eigenvalue weighted by Gasteiger charge is -2.22. The predicted octanol–water partition coefficient (Wildman–Crippen LogP) is 4.42. The maximum atomic E-state index is 12.5. The van der Waals surface area contributed by atoms with E-state index in [4.69, 9.17) is 21.1 Å². The van der Waals surface area contributed by atoms with Crippen molar-refractivity contribution in [1.82, 2.24) is 0 Å². The molecule has 1 amide bonds. The van der Waals surface area contributed by atoms with E-state index in [-0.39, 0.29) is 17.9 Å². The number of hydrogen-bond acceptors (Lipinski definition) is 3. The van der Waals surface area contributed by atoms with Crippen LogP contribution in [-0.4, -0.2) is 25.2 Å². The first-order valence-electron chi connectivity index (χ1n) is 8.57. The normalized spacial score (nSPS) is 22.0. The molecular formula is C18H24ClNO3. The van der Waals surface area contributed by atoms with E-state index in [1.165, 1.54) is 6.42 Å². The second-order valence-electron chi connectivity index (χ2n) is 6.41. The van der Waals surface area contributed by atoms with Crippen LogP contribution in [0.2, 0.25) is 5.02 Å². The van der Waals surface area contributed by atoms with Crippen LogP contribution in [0.5, 0.6) is 5.75 Å². The summed E-state index contributed by atoms with van der Waals surface area (Å²) in [6.07, 6.45) is 7.70. The van der Waals surface area contributed by atoms with Crippen LogP contribution in [0.4, 0.5) is 5.69 Å². The van der Waals surface area contributed by atoms with E-state index in [9.17, 15) is 4.79 Å². The highest BCUT2D eigenvalue weighted by atomic mass is 35.5. The Kier molecular flexibility index (Phi) is 5.79. The topological polar surface area (TPSA) is 47.6 Å². The lowest BCUT2D eigenvalue weighted by molar-refractivity contribution is -0.120. The molecular weight excluding hydrogens is 314 g/mol. The molecule has 0 radical (unpaired) electrons. The molecule has 1 saturated heterocycles. The lowest BCUT2D eigenvalue weighted by Crippen LogP contribution is -2.25. The van der Waals surface area contributed by atoms with Gasteiger partial charge in [0, 0.05) is 17.5 Å². The average Bonchev–Trinajstić information content (AvgIpc) is 3.08. The zero-order valence-corrected chi connectivity index (χ0v) is 14.1. The fourth-order valence-electron chi connectivity index (χ4n) is 3.28. The van der Waals surface area contributed by atoms with Gasteiger partial charge in [0.2, 0.25) is 5.91 Å². The Balaban J connectivity index is 1.64. The van der Waals surface area contributed by atoms with Gasteiger partial charge in [-0.15, -0.1) is 0 Å². The van der Waals surface area contributed by atoms with Gasteiger partial charge in [-0.25, -0.2) is 0 Å². The highest BCUT2D eigenvalue weighted by Gasteiger charge is 2.22. The highest BCUT2D eigenvalue weighted by Crippen LogP contribution is 2.31. The Bertz CT molecular complexity index is 537. The number of ether oxygens (including phenoxy) is 2. The van der Waals surface area contributed by atoms with Gasteiger partial charge in [-0.3, -0.25) is 4.79 Å². The van der Waals surface area contributed by atoms with Crippen LogP contribution in [0.1, 0.15) is 44.9 Å². The number of benzene rings is 1. The van der Waals surface area contributed by atoms with Crippen molar-refractivity contribution in [3.05, 3.63) is 23.2 Å². The second-order valence-corrected chi connectivity index (χ2v) is 6.85. The SMILES string of the molecule is O=C(Nc1cc(Cl)ccc1OC[C@@H]1CCCO1)C1CCCCC1. The summed E-state index contributed by atoms with van der Waals surface area (Å²) in [5.41, 5.74) is 0.658. The number of carbonyl (C=O) groups excluding carboxylic acids is 1. The number of hydrogen-bond donors (Lipinski definition) is 1. The standard InChI is InChI=1S/C18H24ClNO3/c19-14-8-9-17(23-12-15-7-4-10-22-15)16(11-14)20-18(21)13-5-2-1-3-6-13/h8-9,11,13,15H,1-7,10,12H2,(H,20,21)/t15-/m0/s1. The van der Waals surface area contributed by atoms with Crippen LogP contribution in [0.3, 0.4) is 0 Å². The molecule has 23 heavy (non-hydrogen) atoms. The van der Waals surface area contributed by atoms with Crippen LogP contribution in [0, 0.1) is 5.92 Å². The van der Waals surface area contributed by atoms with E-state index in [0.717, 1.165) is 45.1 Å².